The molecule has 1 heterocycles. The van der Waals surface area contributed by atoms with E-state index in [-0.39, 0.29) is 25.8 Å². The summed E-state index contributed by atoms with van der Waals surface area (Å²) in [6.07, 6.45) is 6.24. The van der Waals surface area contributed by atoms with E-state index < -0.39 is 11.6 Å². The molecule has 0 radical (unpaired) electrons. The summed E-state index contributed by atoms with van der Waals surface area (Å²) in [5, 5.41) is 22.1. The van der Waals surface area contributed by atoms with Gasteiger partial charge in [0.15, 0.2) is 0 Å². The second-order valence-corrected chi connectivity index (χ2v) is 10.8. The van der Waals surface area contributed by atoms with Crippen molar-refractivity contribution in [3.63, 3.8) is 0 Å². The summed E-state index contributed by atoms with van der Waals surface area (Å²) >= 11 is 0. The normalized spacial score (nSPS) is 22.5. The predicted molar refractivity (Wildman–Crippen MR) is 146 cm³/mol. The van der Waals surface area contributed by atoms with Gasteiger partial charge < -0.3 is 10.4 Å². The van der Waals surface area contributed by atoms with Crippen LogP contribution >= 0.6 is 0 Å². The third kappa shape index (κ3) is 5.50. The molecule has 0 aliphatic heterocycles. The van der Waals surface area contributed by atoms with Gasteiger partial charge in [0.2, 0.25) is 5.91 Å². The molecule has 3 aromatic rings. The zero-order chi connectivity index (χ0) is 25.1. The van der Waals surface area contributed by atoms with Gasteiger partial charge in [0.1, 0.15) is 5.54 Å². The van der Waals surface area contributed by atoms with Crippen molar-refractivity contribution in [2.24, 2.45) is 11.8 Å². The number of hydrogen-bond acceptors (Lipinski definition) is 3. The van der Waals surface area contributed by atoms with E-state index in [1.165, 1.54) is 11.3 Å². The van der Waals surface area contributed by atoms with Crippen LogP contribution in [-0.2, 0) is 17.6 Å². The number of aromatic nitrogens is 2. The number of para-hydroxylation sites is 1. The number of nitrogens with zero attached hydrogens (tertiary/aromatic N) is 2. The van der Waals surface area contributed by atoms with Gasteiger partial charge in [0.25, 0.3) is 0 Å². The molecule has 7 heteroatoms. The maximum atomic E-state index is 13.9. The van der Waals surface area contributed by atoms with E-state index in [1.54, 1.807) is 6.92 Å². The Bertz CT molecular complexity index is 1210. The maximum Gasteiger partial charge on any atom is 0.408 e. The first-order valence-electron chi connectivity index (χ1n) is 13.2. The topological polar surface area (TPSA) is 98.3 Å². The summed E-state index contributed by atoms with van der Waals surface area (Å²) in [5.74, 6) is 0.749. The molecular weight excluding hydrogens is 464 g/mol. The lowest BCUT2D eigenvalue weighted by Crippen LogP contribution is -2.65. The van der Waals surface area contributed by atoms with Crippen LogP contribution in [-0.4, -0.2) is 50.3 Å². The molecule has 5 rings (SSSR count). The highest BCUT2D eigenvalue weighted by Gasteiger charge is 2.50. The minimum absolute atomic E-state index is 0. The van der Waals surface area contributed by atoms with Crippen molar-refractivity contribution in [3.8, 4) is 0 Å². The van der Waals surface area contributed by atoms with Crippen molar-refractivity contribution < 1.29 is 14.7 Å². The third-order valence-electron chi connectivity index (χ3n) is 8.40. The van der Waals surface area contributed by atoms with Crippen molar-refractivity contribution in [1.82, 2.24) is 20.4 Å². The first-order chi connectivity index (χ1) is 17.5. The molecule has 2 aliphatic rings. The Morgan fingerprint density at radius 1 is 1.08 bits per heavy atom. The largest absolute Gasteiger partial charge is 0.465 e. The fraction of sp³-hybridized carbons (Fsp3) is 0.500. The summed E-state index contributed by atoms with van der Waals surface area (Å²) in [6, 6.07) is 17.6. The molecule has 3 N–H and O–H groups in total. The Morgan fingerprint density at radius 3 is 2.62 bits per heavy atom. The summed E-state index contributed by atoms with van der Waals surface area (Å²) in [4.78, 5) is 28.4. The van der Waals surface area contributed by atoms with E-state index in [4.69, 9.17) is 0 Å². The predicted octanol–water partition coefficient (Wildman–Crippen LogP) is 5.81. The molecule has 1 aromatic heterocycles. The van der Waals surface area contributed by atoms with Crippen LogP contribution in [0.15, 0.2) is 54.6 Å². The van der Waals surface area contributed by atoms with Crippen LogP contribution in [0.4, 0.5) is 4.79 Å². The van der Waals surface area contributed by atoms with Gasteiger partial charge in [-0.15, -0.1) is 0 Å². The van der Waals surface area contributed by atoms with Crippen LogP contribution in [0.3, 0.4) is 0 Å². The van der Waals surface area contributed by atoms with Crippen molar-refractivity contribution in [1.29, 1.82) is 0 Å². The quantitative estimate of drug-likeness (QED) is 0.361. The number of fused-ring (bicyclic) bond motifs is 3. The summed E-state index contributed by atoms with van der Waals surface area (Å²) in [5.41, 5.74) is 1.46. The number of H-pyrrole nitrogens is 1. The van der Waals surface area contributed by atoms with Gasteiger partial charge in [-0.05, 0) is 62.5 Å². The first-order valence-corrected chi connectivity index (χ1v) is 13.2. The number of amides is 2. The van der Waals surface area contributed by atoms with Crippen molar-refractivity contribution in [2.45, 2.75) is 77.3 Å². The van der Waals surface area contributed by atoms with Gasteiger partial charge >= 0.3 is 6.09 Å². The Balaban J connectivity index is 0.00000320. The molecule has 4 unspecified atom stereocenters. The SMILES string of the molecule is C.CC(Cc1[nH]nc2ccccc12)(C(=O)NCCc1ccccc1)N(C(=O)O)C1CCC2CCCC1C2. The molecule has 2 bridgehead atoms. The number of carbonyl (C=O) groups is 2. The minimum atomic E-state index is -1.27. The van der Waals surface area contributed by atoms with E-state index >= 15 is 0 Å². The highest BCUT2D eigenvalue weighted by molar-refractivity contribution is 5.91. The van der Waals surface area contributed by atoms with E-state index in [1.807, 2.05) is 54.6 Å². The lowest BCUT2D eigenvalue weighted by molar-refractivity contribution is -0.134. The minimum Gasteiger partial charge on any atom is -0.465 e. The van der Waals surface area contributed by atoms with E-state index in [9.17, 15) is 14.7 Å². The average Bonchev–Trinajstić information content (AvgIpc) is 3.29. The molecule has 7 nitrogen and oxygen atoms in total. The lowest BCUT2D eigenvalue weighted by atomic mass is 9.68. The third-order valence-corrected chi connectivity index (χ3v) is 8.40. The molecule has 2 fully saturated rings. The van der Waals surface area contributed by atoms with Gasteiger partial charge in [-0.1, -0.05) is 68.8 Å². The highest BCUT2D eigenvalue weighted by Crippen LogP contribution is 2.44. The monoisotopic (exact) mass is 504 g/mol. The maximum absolute atomic E-state index is 13.9. The molecule has 2 aromatic carbocycles. The Kier molecular flexibility index (Phi) is 8.20. The Labute approximate surface area is 219 Å². The zero-order valence-electron chi connectivity index (χ0n) is 21.0. The fourth-order valence-corrected chi connectivity index (χ4v) is 6.57. The number of aromatic amines is 1. The summed E-state index contributed by atoms with van der Waals surface area (Å²) in [7, 11) is 0. The second-order valence-electron chi connectivity index (χ2n) is 10.8. The number of nitrogens with one attached hydrogen (secondary N) is 2. The van der Waals surface area contributed by atoms with Crippen LogP contribution in [0.5, 0.6) is 0 Å². The molecule has 37 heavy (non-hydrogen) atoms. The molecule has 2 amide bonds. The van der Waals surface area contributed by atoms with Crippen LogP contribution in [0.1, 0.15) is 64.1 Å². The molecule has 198 valence electrons. The second kappa shape index (κ2) is 11.4. The number of rotatable bonds is 8. The smallest absolute Gasteiger partial charge is 0.408 e. The average molecular weight is 505 g/mol. The number of carboxylic acid groups (broad SMARTS) is 1. The zero-order valence-corrected chi connectivity index (χ0v) is 21.0. The van der Waals surface area contributed by atoms with Crippen molar-refractivity contribution >= 4 is 22.9 Å². The van der Waals surface area contributed by atoms with E-state index in [0.29, 0.717) is 24.8 Å². The van der Waals surface area contributed by atoms with E-state index in [2.05, 4.69) is 15.5 Å². The first kappa shape index (κ1) is 26.7. The van der Waals surface area contributed by atoms with Gasteiger partial charge in [-0.25, -0.2) is 4.79 Å². The molecular formula is C30H40N4O3. The van der Waals surface area contributed by atoms with Crippen LogP contribution in [0.25, 0.3) is 10.9 Å². The molecule has 0 saturated heterocycles. The van der Waals surface area contributed by atoms with Crippen molar-refractivity contribution in [3.05, 3.63) is 65.9 Å². The van der Waals surface area contributed by atoms with Gasteiger partial charge in [-0.3, -0.25) is 14.8 Å². The standard InChI is InChI=1S/C29H36N4O3.CH4/c1-29(19-25-23-12-5-6-13-24(23)31-32-25,27(34)30-17-16-20-8-3-2-4-9-20)33(28(35)36)26-15-14-21-10-7-11-22(26)18-21;/h2-6,8-9,12-13,21-22,26H,7,10-11,14-19H2,1H3,(H,30,34)(H,31,32)(H,35,36);1H4. The van der Waals surface area contributed by atoms with Gasteiger partial charge in [-0.2, -0.15) is 5.10 Å². The van der Waals surface area contributed by atoms with Gasteiger partial charge in [0.05, 0.1) is 5.52 Å². The Morgan fingerprint density at radius 2 is 1.84 bits per heavy atom. The van der Waals surface area contributed by atoms with Crippen molar-refractivity contribution in [2.75, 3.05) is 6.54 Å². The summed E-state index contributed by atoms with van der Waals surface area (Å²) in [6.45, 7) is 2.25. The fourth-order valence-electron chi connectivity index (χ4n) is 6.57. The Hall–Kier alpha value is -3.35. The van der Waals surface area contributed by atoms with Crippen LogP contribution in [0.2, 0.25) is 0 Å². The molecule has 4 atom stereocenters. The van der Waals surface area contributed by atoms with Gasteiger partial charge in [0, 0.05) is 30.1 Å². The van der Waals surface area contributed by atoms with E-state index in [0.717, 1.165) is 54.3 Å². The lowest BCUT2D eigenvalue weighted by Gasteiger charge is -2.50. The molecule has 0 spiro atoms. The number of carbonyl (C=O) groups excluding carboxylic acids is 1. The van der Waals surface area contributed by atoms with Crippen LogP contribution in [0, 0.1) is 11.8 Å². The summed E-state index contributed by atoms with van der Waals surface area (Å²) < 4.78 is 0. The molecule has 2 aliphatic carbocycles. The highest BCUT2D eigenvalue weighted by atomic mass is 16.4. The number of hydrogen-bond donors (Lipinski definition) is 3. The molecule has 2 saturated carbocycles. The number of benzene rings is 2. The van der Waals surface area contributed by atoms with Crippen LogP contribution < -0.4 is 5.32 Å².